The molecule has 2 aliphatic rings. The van der Waals surface area contributed by atoms with E-state index in [9.17, 15) is 13.6 Å². The molecule has 0 radical (unpaired) electrons. The minimum atomic E-state index is -0.393. The summed E-state index contributed by atoms with van der Waals surface area (Å²) in [5.74, 6) is -0.745. The third kappa shape index (κ3) is 6.96. The summed E-state index contributed by atoms with van der Waals surface area (Å²) in [5, 5.41) is 0.400. The van der Waals surface area contributed by atoms with Crippen molar-refractivity contribution >= 4 is 23.3 Å². The zero-order chi connectivity index (χ0) is 27.2. The van der Waals surface area contributed by atoms with E-state index in [1.54, 1.807) is 30.3 Å². The molecule has 1 fully saturated rings. The van der Waals surface area contributed by atoms with Gasteiger partial charge in [-0.25, -0.2) is 13.6 Å². The highest BCUT2D eigenvalue weighted by atomic mass is 35.5. The summed E-state index contributed by atoms with van der Waals surface area (Å²) in [4.78, 5) is 19.3. The van der Waals surface area contributed by atoms with Crippen molar-refractivity contribution in [1.29, 1.82) is 0 Å². The van der Waals surface area contributed by atoms with Crippen LogP contribution in [-0.2, 0) is 4.74 Å². The van der Waals surface area contributed by atoms with E-state index in [0.29, 0.717) is 23.7 Å². The fraction of sp³-hybridized carbons (Fsp3) is 0.387. The number of fused-ring (bicyclic) bond motifs is 1. The number of piperazine rings is 1. The van der Waals surface area contributed by atoms with Gasteiger partial charge in [0.05, 0.1) is 10.6 Å². The highest BCUT2D eigenvalue weighted by Crippen LogP contribution is 2.39. The van der Waals surface area contributed by atoms with Gasteiger partial charge in [0, 0.05) is 64.0 Å². The van der Waals surface area contributed by atoms with E-state index in [-0.39, 0.29) is 17.6 Å². The normalized spacial score (nSPS) is 18.4. The van der Waals surface area contributed by atoms with Crippen LogP contribution in [0.2, 0.25) is 5.02 Å². The summed E-state index contributed by atoms with van der Waals surface area (Å²) < 4.78 is 33.3. The van der Waals surface area contributed by atoms with Crippen LogP contribution in [0.15, 0.2) is 66.7 Å². The first-order valence-electron chi connectivity index (χ1n) is 13.6. The van der Waals surface area contributed by atoms with Gasteiger partial charge in [0.2, 0.25) is 0 Å². The van der Waals surface area contributed by atoms with Crippen LogP contribution >= 0.6 is 11.6 Å². The first kappa shape index (κ1) is 27.6. The van der Waals surface area contributed by atoms with Crippen molar-refractivity contribution in [2.45, 2.75) is 18.8 Å². The molecule has 5 nitrogen and oxygen atoms in total. The second-order valence-electron chi connectivity index (χ2n) is 10.2. The van der Waals surface area contributed by atoms with Crippen LogP contribution in [0.1, 0.15) is 40.2 Å². The number of halogens is 3. The molecule has 3 aromatic carbocycles. The van der Waals surface area contributed by atoms with Gasteiger partial charge >= 0.3 is 5.97 Å². The van der Waals surface area contributed by atoms with Gasteiger partial charge in [-0.1, -0.05) is 41.9 Å². The molecular weight excluding hydrogens is 520 g/mol. The number of anilines is 1. The molecule has 0 aliphatic carbocycles. The Bertz CT molecular complexity index is 1260. The monoisotopic (exact) mass is 553 g/mol. The standard InChI is InChI=1S/C31H34ClF2N3O2/c32-29-6-2-1-4-28(29)31(38)39-21-20-36-16-14-35(15-17-36)18-19-37-13-3-5-26(23-7-9-24(33)10-8-23)27-12-11-25(34)22-30(27)37/h1-2,4,6-12,22,26H,3,5,13-21H2/t26-/m0/s1. The van der Waals surface area contributed by atoms with Crippen molar-refractivity contribution in [2.75, 3.05) is 63.9 Å². The first-order valence-corrected chi connectivity index (χ1v) is 14.0. The summed E-state index contributed by atoms with van der Waals surface area (Å²) >= 11 is 6.08. The predicted octanol–water partition coefficient (Wildman–Crippen LogP) is 5.82. The van der Waals surface area contributed by atoms with E-state index in [1.165, 1.54) is 18.2 Å². The van der Waals surface area contributed by atoms with Crippen LogP contribution in [0, 0.1) is 11.6 Å². The molecule has 1 saturated heterocycles. The van der Waals surface area contributed by atoms with Crippen molar-refractivity contribution in [2.24, 2.45) is 0 Å². The molecule has 0 spiro atoms. The number of carbonyl (C=O) groups is 1. The molecule has 2 heterocycles. The van der Waals surface area contributed by atoms with E-state index in [0.717, 1.165) is 75.5 Å². The highest BCUT2D eigenvalue weighted by Gasteiger charge is 2.26. The number of esters is 1. The largest absolute Gasteiger partial charge is 0.461 e. The zero-order valence-electron chi connectivity index (χ0n) is 22.0. The predicted molar refractivity (Wildman–Crippen MR) is 151 cm³/mol. The molecule has 3 aromatic rings. The lowest BCUT2D eigenvalue weighted by molar-refractivity contribution is 0.0424. The summed E-state index contributed by atoms with van der Waals surface area (Å²) in [6.07, 6.45) is 1.93. The number of ether oxygens (including phenoxy) is 1. The molecule has 0 saturated carbocycles. The number of benzene rings is 3. The Balaban J connectivity index is 1.12. The second kappa shape index (κ2) is 12.9. The quantitative estimate of drug-likeness (QED) is 0.328. The van der Waals surface area contributed by atoms with Crippen LogP contribution in [-0.4, -0.2) is 74.7 Å². The maximum absolute atomic E-state index is 14.4. The number of rotatable bonds is 8. The van der Waals surface area contributed by atoms with Crippen molar-refractivity contribution in [3.63, 3.8) is 0 Å². The van der Waals surface area contributed by atoms with Crippen LogP contribution < -0.4 is 4.90 Å². The molecule has 0 unspecified atom stereocenters. The minimum absolute atomic E-state index is 0.127. The van der Waals surface area contributed by atoms with Crippen molar-refractivity contribution < 1.29 is 18.3 Å². The Labute approximate surface area is 233 Å². The number of hydrogen-bond donors (Lipinski definition) is 0. The second-order valence-corrected chi connectivity index (χ2v) is 10.6. The zero-order valence-corrected chi connectivity index (χ0v) is 22.8. The van der Waals surface area contributed by atoms with E-state index >= 15 is 0 Å². The smallest absolute Gasteiger partial charge is 0.339 e. The summed E-state index contributed by atoms with van der Waals surface area (Å²) in [5.41, 5.74) is 3.51. The van der Waals surface area contributed by atoms with Crippen molar-refractivity contribution in [3.05, 3.63) is 100 Å². The van der Waals surface area contributed by atoms with Gasteiger partial charge in [0.15, 0.2) is 0 Å². The van der Waals surface area contributed by atoms with Crippen LogP contribution in [0.5, 0.6) is 0 Å². The lowest BCUT2D eigenvalue weighted by Crippen LogP contribution is -2.49. The van der Waals surface area contributed by atoms with Crippen LogP contribution in [0.3, 0.4) is 0 Å². The van der Waals surface area contributed by atoms with E-state index in [2.05, 4.69) is 14.7 Å². The Morgan fingerprint density at radius 1 is 0.846 bits per heavy atom. The van der Waals surface area contributed by atoms with E-state index < -0.39 is 5.97 Å². The van der Waals surface area contributed by atoms with E-state index in [1.807, 2.05) is 18.2 Å². The summed E-state index contributed by atoms with van der Waals surface area (Å²) in [6.45, 7) is 7.27. The topological polar surface area (TPSA) is 36.0 Å². The Kier molecular flexibility index (Phi) is 9.12. The number of nitrogens with zero attached hydrogens (tertiary/aromatic N) is 3. The van der Waals surface area contributed by atoms with Crippen LogP contribution in [0.4, 0.5) is 14.5 Å². The van der Waals surface area contributed by atoms with Gasteiger partial charge in [-0.3, -0.25) is 9.80 Å². The molecule has 5 rings (SSSR count). The SMILES string of the molecule is O=C(OCCN1CCN(CCN2CCC[C@@H](c3ccc(F)cc3)c3ccc(F)cc32)CC1)c1ccccc1Cl. The molecular formula is C31H34ClF2N3O2. The molecule has 1 atom stereocenters. The van der Waals surface area contributed by atoms with Crippen molar-refractivity contribution in [1.82, 2.24) is 9.80 Å². The summed E-state index contributed by atoms with van der Waals surface area (Å²) in [6, 6.07) is 18.7. The Hall–Kier alpha value is -3.00. The molecule has 0 N–H and O–H groups in total. The molecule has 2 aliphatic heterocycles. The van der Waals surface area contributed by atoms with Gasteiger partial charge < -0.3 is 9.64 Å². The first-order chi connectivity index (χ1) is 19.0. The fourth-order valence-corrected chi connectivity index (χ4v) is 5.80. The Morgan fingerprint density at radius 2 is 1.54 bits per heavy atom. The highest BCUT2D eigenvalue weighted by molar-refractivity contribution is 6.33. The van der Waals surface area contributed by atoms with Crippen molar-refractivity contribution in [3.8, 4) is 0 Å². The molecule has 0 bridgehead atoms. The fourth-order valence-electron chi connectivity index (χ4n) is 5.59. The maximum Gasteiger partial charge on any atom is 0.339 e. The molecule has 0 amide bonds. The third-order valence-corrected chi connectivity index (χ3v) is 8.12. The van der Waals surface area contributed by atoms with Crippen LogP contribution in [0.25, 0.3) is 0 Å². The number of carbonyl (C=O) groups excluding carboxylic acids is 1. The Morgan fingerprint density at radius 3 is 2.28 bits per heavy atom. The average Bonchev–Trinajstić information content (AvgIpc) is 3.12. The molecule has 0 aromatic heterocycles. The lowest BCUT2D eigenvalue weighted by atomic mass is 9.87. The number of hydrogen-bond acceptors (Lipinski definition) is 5. The van der Waals surface area contributed by atoms with E-state index in [4.69, 9.17) is 16.3 Å². The maximum atomic E-state index is 14.4. The van der Waals surface area contributed by atoms with Gasteiger partial charge in [0.25, 0.3) is 0 Å². The van der Waals surface area contributed by atoms with Gasteiger partial charge in [-0.15, -0.1) is 0 Å². The molecule has 8 heteroatoms. The molecule has 206 valence electrons. The van der Waals surface area contributed by atoms with Gasteiger partial charge in [-0.05, 0) is 60.4 Å². The molecule has 39 heavy (non-hydrogen) atoms. The third-order valence-electron chi connectivity index (χ3n) is 7.79. The summed E-state index contributed by atoms with van der Waals surface area (Å²) in [7, 11) is 0. The van der Waals surface area contributed by atoms with Gasteiger partial charge in [0.1, 0.15) is 18.2 Å². The van der Waals surface area contributed by atoms with Gasteiger partial charge in [-0.2, -0.15) is 0 Å². The average molecular weight is 554 g/mol. The minimum Gasteiger partial charge on any atom is -0.461 e. The lowest BCUT2D eigenvalue weighted by Gasteiger charge is -2.36.